The van der Waals surface area contributed by atoms with E-state index in [4.69, 9.17) is 11.6 Å². The van der Waals surface area contributed by atoms with E-state index in [2.05, 4.69) is 15.3 Å². The number of nitrogens with one attached hydrogen (secondary N) is 2. The van der Waals surface area contributed by atoms with E-state index >= 15 is 0 Å². The molecular formula is C12H10ClF2N3O. The van der Waals surface area contributed by atoms with Crippen molar-refractivity contribution in [1.29, 1.82) is 0 Å². The van der Waals surface area contributed by atoms with Crippen molar-refractivity contribution in [2.45, 2.75) is 6.42 Å². The van der Waals surface area contributed by atoms with Crippen LogP contribution in [-0.4, -0.2) is 22.4 Å². The number of imidazole rings is 1. The minimum absolute atomic E-state index is 0.0924. The molecule has 2 rings (SSSR count). The molecule has 0 spiro atoms. The number of carbonyl (C=O) groups is 1. The van der Waals surface area contributed by atoms with E-state index in [0.29, 0.717) is 13.0 Å². The van der Waals surface area contributed by atoms with Gasteiger partial charge in [-0.2, -0.15) is 0 Å². The Kier molecular flexibility index (Phi) is 4.11. The van der Waals surface area contributed by atoms with Gasteiger partial charge in [-0.15, -0.1) is 0 Å². The van der Waals surface area contributed by atoms with Gasteiger partial charge in [-0.1, -0.05) is 11.6 Å². The molecule has 0 aliphatic carbocycles. The topological polar surface area (TPSA) is 57.8 Å². The van der Waals surface area contributed by atoms with Crippen LogP contribution < -0.4 is 5.32 Å². The molecular weight excluding hydrogens is 276 g/mol. The number of amides is 1. The molecule has 0 atom stereocenters. The lowest BCUT2D eigenvalue weighted by Gasteiger charge is -2.06. The van der Waals surface area contributed by atoms with E-state index in [0.717, 1.165) is 17.8 Å². The third-order valence-electron chi connectivity index (χ3n) is 2.49. The zero-order valence-corrected chi connectivity index (χ0v) is 10.5. The fraction of sp³-hybridized carbons (Fsp3) is 0.167. The van der Waals surface area contributed by atoms with Gasteiger partial charge in [0.25, 0.3) is 5.91 Å². The minimum Gasteiger partial charge on any atom is -0.352 e. The van der Waals surface area contributed by atoms with Crippen LogP contribution in [0, 0.1) is 11.6 Å². The molecule has 0 aliphatic heterocycles. The zero-order chi connectivity index (χ0) is 13.8. The molecule has 0 radical (unpaired) electrons. The molecule has 0 bridgehead atoms. The molecule has 0 fully saturated rings. The summed E-state index contributed by atoms with van der Waals surface area (Å²) in [5.74, 6) is -2.74. The Morgan fingerprint density at radius 1 is 1.37 bits per heavy atom. The second-order valence-corrected chi connectivity index (χ2v) is 4.24. The summed E-state index contributed by atoms with van der Waals surface area (Å²) in [6.07, 6.45) is 3.72. The SMILES string of the molecule is O=C(NCCc1cnc[nH]1)c1cc(F)c(F)cc1Cl. The Hall–Kier alpha value is -1.95. The molecule has 2 aromatic rings. The summed E-state index contributed by atoms with van der Waals surface area (Å²) in [7, 11) is 0. The van der Waals surface area contributed by atoms with Crippen LogP contribution in [0.1, 0.15) is 16.1 Å². The second kappa shape index (κ2) is 5.79. The summed E-state index contributed by atoms with van der Waals surface area (Å²) in [5.41, 5.74) is 0.766. The Balaban J connectivity index is 1.98. The van der Waals surface area contributed by atoms with Crippen molar-refractivity contribution in [3.63, 3.8) is 0 Å². The fourth-order valence-electron chi connectivity index (χ4n) is 1.52. The molecule has 0 saturated heterocycles. The number of carbonyl (C=O) groups excluding carboxylic acids is 1. The van der Waals surface area contributed by atoms with Gasteiger partial charge in [-0.05, 0) is 12.1 Å². The summed E-state index contributed by atoms with van der Waals surface area (Å²) in [5, 5.41) is 2.44. The van der Waals surface area contributed by atoms with Gasteiger partial charge in [0.1, 0.15) is 0 Å². The second-order valence-electron chi connectivity index (χ2n) is 3.83. The highest BCUT2D eigenvalue weighted by atomic mass is 35.5. The highest BCUT2D eigenvalue weighted by Gasteiger charge is 2.14. The van der Waals surface area contributed by atoms with Crippen LogP contribution in [0.3, 0.4) is 0 Å². The molecule has 0 unspecified atom stereocenters. The van der Waals surface area contributed by atoms with Gasteiger partial charge in [-0.25, -0.2) is 13.8 Å². The molecule has 1 aromatic carbocycles. The molecule has 100 valence electrons. The van der Waals surface area contributed by atoms with Gasteiger partial charge >= 0.3 is 0 Å². The van der Waals surface area contributed by atoms with Crippen molar-refractivity contribution < 1.29 is 13.6 Å². The third-order valence-corrected chi connectivity index (χ3v) is 2.80. The van der Waals surface area contributed by atoms with Crippen molar-refractivity contribution in [3.8, 4) is 0 Å². The average Bonchev–Trinajstić information content (AvgIpc) is 2.86. The van der Waals surface area contributed by atoms with E-state index in [1.165, 1.54) is 6.33 Å². The molecule has 1 aromatic heterocycles. The van der Waals surface area contributed by atoms with E-state index < -0.39 is 17.5 Å². The van der Waals surface area contributed by atoms with Crippen LogP contribution in [0.25, 0.3) is 0 Å². The molecule has 1 amide bonds. The van der Waals surface area contributed by atoms with E-state index in [1.807, 2.05) is 0 Å². The Morgan fingerprint density at radius 2 is 2.11 bits per heavy atom. The first-order chi connectivity index (χ1) is 9.08. The van der Waals surface area contributed by atoms with Crippen LogP contribution in [-0.2, 0) is 6.42 Å². The largest absolute Gasteiger partial charge is 0.352 e. The van der Waals surface area contributed by atoms with Gasteiger partial charge < -0.3 is 10.3 Å². The van der Waals surface area contributed by atoms with Crippen molar-refractivity contribution >= 4 is 17.5 Å². The lowest BCUT2D eigenvalue weighted by atomic mass is 10.2. The number of nitrogens with zero attached hydrogens (tertiary/aromatic N) is 1. The highest BCUT2D eigenvalue weighted by Crippen LogP contribution is 2.19. The zero-order valence-electron chi connectivity index (χ0n) is 9.71. The smallest absolute Gasteiger partial charge is 0.252 e. The Morgan fingerprint density at radius 3 is 2.79 bits per heavy atom. The minimum atomic E-state index is -1.11. The van der Waals surface area contributed by atoms with E-state index in [-0.39, 0.29) is 10.6 Å². The molecule has 4 nitrogen and oxygen atoms in total. The first-order valence-electron chi connectivity index (χ1n) is 5.48. The van der Waals surface area contributed by atoms with Gasteiger partial charge in [0, 0.05) is 24.9 Å². The first kappa shape index (κ1) is 13.5. The molecule has 1 heterocycles. The number of H-pyrrole nitrogens is 1. The van der Waals surface area contributed by atoms with Crippen LogP contribution in [0.2, 0.25) is 5.02 Å². The molecule has 2 N–H and O–H groups in total. The molecule has 7 heteroatoms. The summed E-state index contributed by atoms with van der Waals surface area (Å²) < 4.78 is 25.9. The number of hydrogen-bond acceptors (Lipinski definition) is 2. The van der Waals surface area contributed by atoms with E-state index in [9.17, 15) is 13.6 Å². The van der Waals surface area contributed by atoms with Gasteiger partial charge in [0.05, 0.1) is 16.9 Å². The number of aromatic nitrogens is 2. The predicted octanol–water partition coefficient (Wildman–Crippen LogP) is 2.31. The van der Waals surface area contributed by atoms with Crippen molar-refractivity contribution in [2.24, 2.45) is 0 Å². The summed E-state index contributed by atoms with van der Waals surface area (Å²) in [6.45, 7) is 0.330. The number of benzene rings is 1. The maximum atomic E-state index is 13.0. The predicted molar refractivity (Wildman–Crippen MR) is 66.0 cm³/mol. The van der Waals surface area contributed by atoms with Crippen LogP contribution in [0.4, 0.5) is 8.78 Å². The number of aromatic amines is 1. The van der Waals surface area contributed by atoms with Gasteiger partial charge in [-0.3, -0.25) is 4.79 Å². The number of halogens is 3. The Bertz CT molecular complexity index is 587. The highest BCUT2D eigenvalue weighted by molar-refractivity contribution is 6.33. The van der Waals surface area contributed by atoms with Crippen LogP contribution >= 0.6 is 11.6 Å². The maximum Gasteiger partial charge on any atom is 0.252 e. The quantitative estimate of drug-likeness (QED) is 0.847. The maximum absolute atomic E-state index is 13.0. The lowest BCUT2D eigenvalue weighted by molar-refractivity contribution is 0.0953. The monoisotopic (exact) mass is 285 g/mol. The number of hydrogen-bond donors (Lipinski definition) is 2. The van der Waals surface area contributed by atoms with Crippen molar-refractivity contribution in [1.82, 2.24) is 15.3 Å². The van der Waals surface area contributed by atoms with E-state index in [1.54, 1.807) is 6.20 Å². The Labute approximate surface area is 112 Å². The van der Waals surface area contributed by atoms with Gasteiger partial charge in [0.2, 0.25) is 0 Å². The lowest BCUT2D eigenvalue weighted by Crippen LogP contribution is -2.26. The molecule has 19 heavy (non-hydrogen) atoms. The van der Waals surface area contributed by atoms with Crippen molar-refractivity contribution in [3.05, 3.63) is 52.6 Å². The summed E-state index contributed by atoms with van der Waals surface area (Å²) in [6, 6.07) is 1.56. The molecule has 0 aliphatic rings. The summed E-state index contributed by atoms with van der Waals surface area (Å²) >= 11 is 5.69. The van der Waals surface area contributed by atoms with Crippen LogP contribution in [0.5, 0.6) is 0 Å². The number of rotatable bonds is 4. The molecule has 0 saturated carbocycles. The van der Waals surface area contributed by atoms with Gasteiger partial charge in [0.15, 0.2) is 11.6 Å². The summed E-state index contributed by atoms with van der Waals surface area (Å²) in [4.78, 5) is 18.5. The fourth-order valence-corrected chi connectivity index (χ4v) is 1.76. The van der Waals surface area contributed by atoms with Crippen molar-refractivity contribution in [2.75, 3.05) is 6.54 Å². The first-order valence-corrected chi connectivity index (χ1v) is 5.85. The third kappa shape index (κ3) is 3.29. The standard InChI is InChI=1S/C12H10ClF2N3O/c13-9-4-11(15)10(14)3-8(9)12(19)17-2-1-7-5-16-6-18-7/h3-6H,1-2H2,(H,16,18)(H,17,19). The normalized spacial score (nSPS) is 10.5. The van der Waals surface area contributed by atoms with Crippen LogP contribution in [0.15, 0.2) is 24.7 Å². The average molecular weight is 286 g/mol.